The zero-order chi connectivity index (χ0) is 11.9. The number of amides is 1. The number of rotatable bonds is 1. The molecule has 1 heterocycles. The largest absolute Gasteiger partial charge is 0.341 e. The first-order valence-electron chi connectivity index (χ1n) is 5.15. The Morgan fingerprint density at radius 2 is 2.00 bits per heavy atom. The molecule has 0 bridgehead atoms. The fourth-order valence-electron chi connectivity index (χ4n) is 1.80. The molecule has 1 fully saturated rings. The Hall–Kier alpha value is -0.580. The molecular weight excluding hydrogens is 212 g/mol. The lowest BCUT2D eigenvalue weighted by Crippen LogP contribution is -2.43. The summed E-state index contributed by atoms with van der Waals surface area (Å²) >= 11 is 0. The predicted octanol–water partition coefficient (Wildman–Crippen LogP) is 1.31. The van der Waals surface area contributed by atoms with Crippen molar-refractivity contribution >= 4 is 15.6 Å². The van der Waals surface area contributed by atoms with Gasteiger partial charge in [0.15, 0.2) is 0 Å². The molecule has 0 saturated carbocycles. The number of carbonyl (C=O) groups excluding carboxylic acids is 1. The highest BCUT2D eigenvalue weighted by molar-refractivity contribution is 7.92. The number of nitrogens with zero attached hydrogens (tertiary/aromatic N) is 1. The second kappa shape index (κ2) is 3.77. The van der Waals surface area contributed by atoms with Gasteiger partial charge in [-0.25, -0.2) is 4.21 Å². The van der Waals surface area contributed by atoms with Crippen LogP contribution in [0.5, 0.6) is 0 Å². The second-order valence-electron chi connectivity index (χ2n) is 5.29. The average Bonchev–Trinajstić information content (AvgIpc) is 2.42. The van der Waals surface area contributed by atoms with Crippen LogP contribution in [0.4, 0.5) is 0 Å². The summed E-state index contributed by atoms with van der Waals surface area (Å²) in [6, 6.07) is -0.0123. The smallest absolute Gasteiger partial charge is 0.227 e. The van der Waals surface area contributed by atoms with E-state index in [-0.39, 0.29) is 11.9 Å². The Morgan fingerprint density at radius 3 is 2.33 bits per heavy atom. The molecule has 0 spiro atoms. The van der Waals surface area contributed by atoms with E-state index in [1.807, 2.05) is 20.8 Å². The summed E-state index contributed by atoms with van der Waals surface area (Å²) in [4.78, 5) is 13.6. The van der Waals surface area contributed by atoms with Gasteiger partial charge in [-0.1, -0.05) is 20.8 Å². The van der Waals surface area contributed by atoms with Crippen molar-refractivity contribution in [1.82, 2.24) is 4.90 Å². The second-order valence-corrected chi connectivity index (χ2v) is 7.66. The van der Waals surface area contributed by atoms with Gasteiger partial charge in [0.05, 0.1) is 5.75 Å². The highest BCUT2D eigenvalue weighted by Gasteiger charge is 2.34. The Balaban J connectivity index is 2.72. The van der Waals surface area contributed by atoms with Crippen molar-refractivity contribution in [2.75, 3.05) is 18.6 Å². The maximum atomic E-state index is 11.9. The minimum Gasteiger partial charge on any atom is -0.341 e. The minimum absolute atomic E-state index is 0.0123. The van der Waals surface area contributed by atoms with E-state index < -0.39 is 15.1 Å². The molecule has 0 aromatic heterocycles. The van der Waals surface area contributed by atoms with Crippen LogP contribution in [0.25, 0.3) is 0 Å². The summed E-state index contributed by atoms with van der Waals surface area (Å²) in [7, 11) is -0.664. The van der Waals surface area contributed by atoms with Gasteiger partial charge in [-0.05, 0) is 6.42 Å². The molecule has 1 aliphatic rings. The van der Waals surface area contributed by atoms with Gasteiger partial charge in [0.1, 0.15) is 0 Å². The van der Waals surface area contributed by atoms with Gasteiger partial charge in [0, 0.05) is 34.0 Å². The highest BCUT2D eigenvalue weighted by Crippen LogP contribution is 2.23. The van der Waals surface area contributed by atoms with Crippen molar-refractivity contribution in [1.29, 1.82) is 4.78 Å². The monoisotopic (exact) mass is 232 g/mol. The quantitative estimate of drug-likeness (QED) is 0.741. The molecule has 0 radical (unpaired) electrons. The van der Waals surface area contributed by atoms with Crippen LogP contribution in [-0.4, -0.2) is 39.6 Å². The van der Waals surface area contributed by atoms with Crippen LogP contribution < -0.4 is 0 Å². The zero-order valence-corrected chi connectivity index (χ0v) is 10.7. The van der Waals surface area contributed by atoms with Gasteiger partial charge in [0.2, 0.25) is 5.91 Å². The van der Waals surface area contributed by atoms with Crippen LogP contribution in [0.1, 0.15) is 27.2 Å². The van der Waals surface area contributed by atoms with Gasteiger partial charge in [-0.15, -0.1) is 0 Å². The van der Waals surface area contributed by atoms with Crippen LogP contribution in [0.3, 0.4) is 0 Å². The molecule has 1 rings (SSSR count). The summed E-state index contributed by atoms with van der Waals surface area (Å²) in [6.07, 6.45) is 0.695. The third-order valence-corrected chi connectivity index (χ3v) is 4.57. The maximum absolute atomic E-state index is 11.9. The first kappa shape index (κ1) is 12.5. The van der Waals surface area contributed by atoms with E-state index in [0.717, 1.165) is 0 Å². The van der Waals surface area contributed by atoms with Crippen molar-refractivity contribution in [3.63, 3.8) is 0 Å². The SMILES string of the molecule is CN(C(=O)C(C)(C)C)C1CCS(=N)(=O)C1. The molecule has 0 aromatic carbocycles. The average molecular weight is 232 g/mol. The van der Waals surface area contributed by atoms with Crippen molar-refractivity contribution < 1.29 is 9.00 Å². The van der Waals surface area contributed by atoms with E-state index in [2.05, 4.69) is 0 Å². The van der Waals surface area contributed by atoms with Gasteiger partial charge in [-0.2, -0.15) is 0 Å². The van der Waals surface area contributed by atoms with E-state index in [1.54, 1.807) is 11.9 Å². The third kappa shape index (κ3) is 2.93. The molecule has 0 aliphatic carbocycles. The molecule has 0 aromatic rings. The summed E-state index contributed by atoms with van der Waals surface area (Å²) in [5.41, 5.74) is -0.403. The summed E-state index contributed by atoms with van der Waals surface area (Å²) in [5.74, 6) is 0.828. The highest BCUT2D eigenvalue weighted by atomic mass is 32.2. The third-order valence-electron chi connectivity index (χ3n) is 2.75. The Morgan fingerprint density at radius 1 is 1.47 bits per heavy atom. The maximum Gasteiger partial charge on any atom is 0.227 e. The number of nitrogens with one attached hydrogen (secondary N) is 1. The van der Waals surface area contributed by atoms with E-state index >= 15 is 0 Å². The zero-order valence-electron chi connectivity index (χ0n) is 9.87. The van der Waals surface area contributed by atoms with Crippen LogP contribution in [-0.2, 0) is 14.5 Å². The van der Waals surface area contributed by atoms with E-state index in [0.29, 0.717) is 17.9 Å². The molecule has 1 N–H and O–H groups in total. The van der Waals surface area contributed by atoms with Crippen LogP contribution in [0.2, 0.25) is 0 Å². The van der Waals surface area contributed by atoms with E-state index in [1.165, 1.54) is 0 Å². The molecule has 4 nitrogen and oxygen atoms in total. The first-order valence-corrected chi connectivity index (χ1v) is 7.04. The lowest BCUT2D eigenvalue weighted by atomic mass is 9.94. The number of carbonyl (C=O) groups is 1. The van der Waals surface area contributed by atoms with E-state index in [4.69, 9.17) is 4.78 Å². The van der Waals surface area contributed by atoms with Gasteiger partial charge >= 0.3 is 0 Å². The van der Waals surface area contributed by atoms with Crippen molar-refractivity contribution in [3.05, 3.63) is 0 Å². The summed E-state index contributed by atoms with van der Waals surface area (Å²) in [5, 5.41) is 0. The molecule has 1 saturated heterocycles. The van der Waals surface area contributed by atoms with Crippen molar-refractivity contribution in [3.8, 4) is 0 Å². The molecule has 15 heavy (non-hydrogen) atoms. The predicted molar refractivity (Wildman–Crippen MR) is 61.2 cm³/mol. The first-order chi connectivity index (χ1) is 6.63. The lowest BCUT2D eigenvalue weighted by Gasteiger charge is -2.30. The van der Waals surface area contributed by atoms with Gasteiger partial charge < -0.3 is 4.90 Å². The van der Waals surface area contributed by atoms with Crippen LogP contribution >= 0.6 is 0 Å². The van der Waals surface area contributed by atoms with Crippen molar-refractivity contribution in [2.24, 2.45) is 5.41 Å². The van der Waals surface area contributed by atoms with Gasteiger partial charge in [-0.3, -0.25) is 9.57 Å². The molecule has 1 amide bonds. The van der Waals surface area contributed by atoms with E-state index in [9.17, 15) is 9.00 Å². The normalized spacial score (nSPS) is 31.6. The molecule has 2 unspecified atom stereocenters. The summed E-state index contributed by atoms with van der Waals surface area (Å²) in [6.45, 7) is 5.62. The Bertz CT molecular complexity index is 354. The number of hydrogen-bond acceptors (Lipinski definition) is 3. The summed E-state index contributed by atoms with van der Waals surface area (Å²) < 4.78 is 19.0. The minimum atomic E-state index is -2.41. The molecule has 1 aliphatic heterocycles. The molecule has 5 heteroatoms. The fraction of sp³-hybridized carbons (Fsp3) is 0.900. The Kier molecular flexibility index (Phi) is 3.14. The topological polar surface area (TPSA) is 61.2 Å². The molecular formula is C10H20N2O2S. The van der Waals surface area contributed by atoms with Crippen LogP contribution in [0, 0.1) is 10.2 Å². The Labute approximate surface area is 92.0 Å². The molecule has 2 atom stereocenters. The van der Waals surface area contributed by atoms with Crippen LogP contribution in [0.15, 0.2) is 0 Å². The van der Waals surface area contributed by atoms with Gasteiger partial charge in [0.25, 0.3) is 0 Å². The fourth-order valence-corrected chi connectivity index (χ4v) is 3.64. The standard InChI is InChI=1S/C10H20N2O2S/c1-10(2,3)9(13)12(4)8-5-6-15(11,14)7-8/h8,11H,5-7H2,1-4H3. The number of hydrogen-bond donors (Lipinski definition) is 1. The van der Waals surface area contributed by atoms with Crippen molar-refractivity contribution in [2.45, 2.75) is 33.2 Å². The lowest BCUT2D eigenvalue weighted by molar-refractivity contribution is -0.139. The molecule has 88 valence electrons.